The van der Waals surface area contributed by atoms with Gasteiger partial charge < -0.3 is 29.2 Å². The van der Waals surface area contributed by atoms with Crippen LogP contribution in [0.4, 0.5) is 0 Å². The molecule has 46 heavy (non-hydrogen) atoms. The van der Waals surface area contributed by atoms with Crippen molar-refractivity contribution in [1.29, 1.82) is 0 Å². The van der Waals surface area contributed by atoms with Crippen molar-refractivity contribution in [3.8, 4) is 0 Å². The Morgan fingerprint density at radius 3 is 1.76 bits per heavy atom. The van der Waals surface area contributed by atoms with Crippen LogP contribution in [0.2, 0.25) is 0 Å². The Kier molecular flexibility index (Phi) is 22.5. The summed E-state index contributed by atoms with van der Waals surface area (Å²) < 4.78 is 24.1. The number of nitrogens with zero attached hydrogens (tertiary/aromatic N) is 3. The van der Waals surface area contributed by atoms with Crippen molar-refractivity contribution in [2.45, 2.75) is 180 Å². The van der Waals surface area contributed by atoms with Gasteiger partial charge in [0, 0.05) is 4.91 Å². The second kappa shape index (κ2) is 24.4. The standard InChI is InChI=1S/C37H67N3O6/c1-8-9-10-11-12-13-14-15-16-17-18-22-25-32(41)35(46-37(5,6)7)31(39-40-38)27-44-28-33(42)34(45-36(2,3)4)29-43-26-30-23-20-19-21-24-30/h19-21,23-24,31-35,41-42H,8-18,22,25-29H2,1-7H3/t31-,32-,33+,34+,35+/m1/s1. The van der Waals surface area contributed by atoms with E-state index in [1.54, 1.807) is 0 Å². The summed E-state index contributed by atoms with van der Waals surface area (Å²) in [5, 5.41) is 26.2. The van der Waals surface area contributed by atoms with Crippen LogP contribution in [0.3, 0.4) is 0 Å². The smallest absolute Gasteiger partial charge is 0.110 e. The zero-order chi connectivity index (χ0) is 34.3. The Bertz CT molecular complexity index is 914. The van der Waals surface area contributed by atoms with Crippen molar-refractivity contribution in [3.63, 3.8) is 0 Å². The Balaban J connectivity index is 2.61. The number of azide groups is 1. The molecule has 0 saturated carbocycles. The highest BCUT2D eigenvalue weighted by atomic mass is 16.6. The normalized spacial score (nSPS) is 15.6. The maximum Gasteiger partial charge on any atom is 0.110 e. The summed E-state index contributed by atoms with van der Waals surface area (Å²) in [6.45, 7) is 14.3. The van der Waals surface area contributed by atoms with Gasteiger partial charge >= 0.3 is 0 Å². The van der Waals surface area contributed by atoms with E-state index in [2.05, 4.69) is 16.9 Å². The van der Waals surface area contributed by atoms with Crippen LogP contribution in [0.25, 0.3) is 10.4 Å². The molecule has 2 N–H and O–H groups in total. The molecule has 0 saturated heterocycles. The lowest BCUT2D eigenvalue weighted by molar-refractivity contribution is -0.157. The first kappa shape index (κ1) is 42.3. The largest absolute Gasteiger partial charge is 0.390 e. The summed E-state index contributed by atoms with van der Waals surface area (Å²) in [5.74, 6) is 0. The van der Waals surface area contributed by atoms with Crippen LogP contribution in [0.1, 0.15) is 138 Å². The molecule has 0 spiro atoms. The number of hydrogen-bond donors (Lipinski definition) is 2. The van der Waals surface area contributed by atoms with Gasteiger partial charge in [-0.05, 0) is 59.1 Å². The second-order valence-electron chi connectivity index (χ2n) is 14.6. The molecule has 1 aromatic carbocycles. The van der Waals surface area contributed by atoms with Gasteiger partial charge in [-0.1, -0.05) is 119 Å². The highest BCUT2D eigenvalue weighted by Crippen LogP contribution is 2.23. The average Bonchev–Trinajstić information content (AvgIpc) is 2.99. The SMILES string of the molecule is CCCCCCCCCCCCCC[C@@H](O)[C@@H](OC(C)(C)C)[C@@H](COC[C@H](O)[C@H](COCc1ccccc1)OC(C)(C)C)N=[N+]=[N-]. The first-order valence-corrected chi connectivity index (χ1v) is 17.8. The summed E-state index contributed by atoms with van der Waals surface area (Å²) in [7, 11) is 0. The summed E-state index contributed by atoms with van der Waals surface area (Å²) in [6, 6.07) is 9.07. The van der Waals surface area contributed by atoms with Crippen molar-refractivity contribution in [2.24, 2.45) is 5.11 Å². The third kappa shape index (κ3) is 22.0. The fourth-order valence-electron chi connectivity index (χ4n) is 5.40. The van der Waals surface area contributed by atoms with Crippen molar-refractivity contribution >= 4 is 0 Å². The predicted octanol–water partition coefficient (Wildman–Crippen LogP) is 9.08. The number of hydrogen-bond acceptors (Lipinski definition) is 7. The molecular formula is C37H67N3O6. The van der Waals surface area contributed by atoms with Crippen molar-refractivity contribution in [1.82, 2.24) is 0 Å². The molecule has 1 rings (SSSR count). The van der Waals surface area contributed by atoms with E-state index in [4.69, 9.17) is 18.9 Å². The number of unbranched alkanes of at least 4 members (excludes halogenated alkanes) is 11. The number of aliphatic hydroxyl groups is 2. The van der Waals surface area contributed by atoms with E-state index in [0.29, 0.717) is 13.0 Å². The van der Waals surface area contributed by atoms with Crippen LogP contribution in [0, 0.1) is 0 Å². The number of rotatable bonds is 27. The molecule has 0 unspecified atom stereocenters. The van der Waals surface area contributed by atoms with E-state index >= 15 is 0 Å². The van der Waals surface area contributed by atoms with E-state index in [0.717, 1.165) is 24.8 Å². The van der Waals surface area contributed by atoms with Crippen LogP contribution >= 0.6 is 0 Å². The van der Waals surface area contributed by atoms with E-state index in [-0.39, 0.29) is 19.8 Å². The summed E-state index contributed by atoms with van der Waals surface area (Å²) in [4.78, 5) is 3.03. The van der Waals surface area contributed by atoms with Crippen molar-refractivity contribution in [3.05, 3.63) is 46.3 Å². The molecule has 5 atom stereocenters. The van der Waals surface area contributed by atoms with Gasteiger partial charge in [0.05, 0.1) is 55.9 Å². The average molecular weight is 650 g/mol. The Hall–Kier alpha value is -1.71. The van der Waals surface area contributed by atoms with Gasteiger partial charge in [-0.2, -0.15) is 0 Å². The Labute approximate surface area is 280 Å². The summed E-state index contributed by atoms with van der Waals surface area (Å²) >= 11 is 0. The van der Waals surface area contributed by atoms with E-state index < -0.39 is 41.7 Å². The van der Waals surface area contributed by atoms with Crippen LogP contribution in [-0.4, -0.2) is 71.7 Å². The van der Waals surface area contributed by atoms with Gasteiger partial charge in [0.15, 0.2) is 0 Å². The first-order valence-electron chi connectivity index (χ1n) is 17.8. The molecule has 9 heteroatoms. The highest BCUT2D eigenvalue weighted by molar-refractivity contribution is 5.13. The van der Waals surface area contributed by atoms with Crippen molar-refractivity contribution < 1.29 is 29.2 Å². The number of aliphatic hydroxyl groups excluding tert-OH is 2. The zero-order valence-corrected chi connectivity index (χ0v) is 30.2. The lowest BCUT2D eigenvalue weighted by Crippen LogP contribution is -2.46. The maximum absolute atomic E-state index is 11.2. The quantitative estimate of drug-likeness (QED) is 0.0424. The molecule has 9 nitrogen and oxygen atoms in total. The third-order valence-electron chi connectivity index (χ3n) is 7.71. The minimum Gasteiger partial charge on any atom is -0.390 e. The molecule has 0 fully saturated rings. The minimum atomic E-state index is -0.977. The number of ether oxygens (including phenoxy) is 4. The molecule has 0 amide bonds. The van der Waals surface area contributed by atoms with E-state index in [1.165, 1.54) is 57.8 Å². The van der Waals surface area contributed by atoms with Gasteiger partial charge in [-0.25, -0.2) is 0 Å². The summed E-state index contributed by atoms with van der Waals surface area (Å²) in [5.41, 5.74) is 9.32. The fourth-order valence-corrected chi connectivity index (χ4v) is 5.40. The molecule has 0 bridgehead atoms. The van der Waals surface area contributed by atoms with Crippen LogP contribution in [0.5, 0.6) is 0 Å². The molecule has 0 radical (unpaired) electrons. The molecule has 0 aliphatic rings. The number of benzene rings is 1. The van der Waals surface area contributed by atoms with Crippen LogP contribution < -0.4 is 0 Å². The van der Waals surface area contributed by atoms with Crippen molar-refractivity contribution in [2.75, 3.05) is 19.8 Å². The lowest BCUT2D eigenvalue weighted by Gasteiger charge is -2.35. The predicted molar refractivity (Wildman–Crippen MR) is 187 cm³/mol. The first-order chi connectivity index (χ1) is 21.9. The van der Waals surface area contributed by atoms with Gasteiger partial charge in [0.25, 0.3) is 0 Å². The molecular weight excluding hydrogens is 582 g/mol. The topological polar surface area (TPSA) is 126 Å². The molecule has 0 aliphatic heterocycles. The second-order valence-corrected chi connectivity index (χ2v) is 14.6. The van der Waals surface area contributed by atoms with Gasteiger partial charge in [0.1, 0.15) is 12.2 Å². The fraction of sp³-hybridized carbons (Fsp3) is 0.838. The van der Waals surface area contributed by atoms with Gasteiger partial charge in [0.2, 0.25) is 0 Å². The monoisotopic (exact) mass is 650 g/mol. The third-order valence-corrected chi connectivity index (χ3v) is 7.71. The minimum absolute atomic E-state index is 0.00944. The van der Waals surface area contributed by atoms with E-state index in [9.17, 15) is 15.7 Å². The van der Waals surface area contributed by atoms with E-state index in [1.807, 2.05) is 71.9 Å². The Morgan fingerprint density at radius 1 is 0.696 bits per heavy atom. The molecule has 0 heterocycles. The maximum atomic E-state index is 11.2. The summed E-state index contributed by atoms with van der Waals surface area (Å²) in [6.07, 6.45) is 12.3. The highest BCUT2D eigenvalue weighted by Gasteiger charge is 2.33. The molecule has 1 aromatic rings. The van der Waals surface area contributed by atoms with Crippen LogP contribution in [-0.2, 0) is 25.6 Å². The van der Waals surface area contributed by atoms with Crippen LogP contribution in [0.15, 0.2) is 35.4 Å². The molecule has 266 valence electrons. The molecule has 0 aliphatic carbocycles. The lowest BCUT2D eigenvalue weighted by atomic mass is 9.98. The Morgan fingerprint density at radius 2 is 1.24 bits per heavy atom. The molecule has 0 aromatic heterocycles. The van der Waals surface area contributed by atoms with Gasteiger partial charge in [-0.3, -0.25) is 0 Å². The zero-order valence-electron chi connectivity index (χ0n) is 30.2. The van der Waals surface area contributed by atoms with Gasteiger partial charge in [-0.15, -0.1) is 0 Å².